The molecule has 2 N–H and O–H groups in total. The molecule has 8 heteroatoms. The molecule has 0 radical (unpaired) electrons. The van der Waals surface area contributed by atoms with Crippen molar-refractivity contribution < 1.29 is 17.6 Å². The molecule has 0 aliphatic rings. The fourth-order valence-electron chi connectivity index (χ4n) is 2.44. The summed E-state index contributed by atoms with van der Waals surface area (Å²) in [6.45, 7) is 0.998. The van der Waals surface area contributed by atoms with E-state index in [1.807, 2.05) is 0 Å². The van der Waals surface area contributed by atoms with Crippen LogP contribution in [0.4, 0.5) is 15.8 Å². The average Bonchev–Trinajstić information content (AvgIpc) is 2.57. The van der Waals surface area contributed by atoms with Crippen LogP contribution in [0.15, 0.2) is 48.5 Å². The highest BCUT2D eigenvalue weighted by Gasteiger charge is 2.09. The quantitative estimate of drug-likeness (QED) is 0.691. The monoisotopic (exact) mass is 379 g/mol. The number of sulfonamides is 1. The van der Waals surface area contributed by atoms with Gasteiger partial charge in [0.2, 0.25) is 10.0 Å². The number of hydrogen-bond acceptors (Lipinski definition) is 4. The van der Waals surface area contributed by atoms with Gasteiger partial charge in [-0.1, -0.05) is 18.2 Å². The molecule has 0 saturated heterocycles. The van der Waals surface area contributed by atoms with Gasteiger partial charge in [0.1, 0.15) is 5.82 Å². The van der Waals surface area contributed by atoms with Gasteiger partial charge in [0.05, 0.1) is 11.9 Å². The maximum Gasteiger partial charge on any atom is 0.251 e. The fraction of sp³-hybridized carbons (Fsp3) is 0.278. The van der Waals surface area contributed by atoms with Crippen molar-refractivity contribution in [2.45, 2.75) is 6.42 Å². The third kappa shape index (κ3) is 6.03. The minimum Gasteiger partial charge on any atom is -0.372 e. The van der Waals surface area contributed by atoms with Crippen LogP contribution in [0.5, 0.6) is 0 Å². The van der Waals surface area contributed by atoms with E-state index in [0.29, 0.717) is 36.4 Å². The minimum atomic E-state index is -3.40. The van der Waals surface area contributed by atoms with Gasteiger partial charge in [0.15, 0.2) is 0 Å². The Morgan fingerprint density at radius 1 is 1.15 bits per heavy atom. The lowest BCUT2D eigenvalue weighted by atomic mass is 10.2. The Balaban J connectivity index is 1.84. The van der Waals surface area contributed by atoms with Crippen molar-refractivity contribution in [2.75, 3.05) is 36.0 Å². The zero-order valence-electron chi connectivity index (χ0n) is 14.7. The molecule has 2 aromatic carbocycles. The van der Waals surface area contributed by atoms with Crippen molar-refractivity contribution in [3.63, 3.8) is 0 Å². The number of para-hydroxylation sites is 1. The van der Waals surface area contributed by atoms with Gasteiger partial charge in [-0.15, -0.1) is 0 Å². The van der Waals surface area contributed by atoms with Crippen LogP contribution < -0.4 is 14.9 Å². The minimum absolute atomic E-state index is 0.283. The summed E-state index contributed by atoms with van der Waals surface area (Å²) in [5.74, 6) is -0.579. The van der Waals surface area contributed by atoms with Gasteiger partial charge in [-0.2, -0.15) is 0 Å². The second-order valence-electron chi connectivity index (χ2n) is 5.94. The molecule has 0 spiro atoms. The highest BCUT2D eigenvalue weighted by Crippen LogP contribution is 2.17. The molecule has 0 fully saturated rings. The van der Waals surface area contributed by atoms with E-state index in [9.17, 15) is 17.6 Å². The Kier molecular flexibility index (Phi) is 6.57. The molecular weight excluding hydrogens is 357 g/mol. The first-order chi connectivity index (χ1) is 12.3. The summed E-state index contributed by atoms with van der Waals surface area (Å²) < 4.78 is 38.5. The van der Waals surface area contributed by atoms with Crippen molar-refractivity contribution in [3.05, 3.63) is 59.9 Å². The number of benzene rings is 2. The smallest absolute Gasteiger partial charge is 0.251 e. The van der Waals surface area contributed by atoms with Gasteiger partial charge in [0.25, 0.3) is 5.91 Å². The number of hydrogen-bond donors (Lipinski definition) is 2. The molecule has 0 aliphatic heterocycles. The molecule has 0 atom stereocenters. The molecule has 0 heterocycles. The maximum absolute atomic E-state index is 13.7. The molecule has 6 nitrogen and oxygen atoms in total. The van der Waals surface area contributed by atoms with Crippen LogP contribution in [0, 0.1) is 5.82 Å². The summed E-state index contributed by atoms with van der Waals surface area (Å²) in [7, 11) is -1.61. The highest BCUT2D eigenvalue weighted by molar-refractivity contribution is 7.92. The third-order valence-electron chi connectivity index (χ3n) is 3.65. The Labute approximate surface area is 153 Å². The van der Waals surface area contributed by atoms with Crippen molar-refractivity contribution in [2.24, 2.45) is 0 Å². The van der Waals surface area contributed by atoms with Crippen LogP contribution >= 0.6 is 0 Å². The van der Waals surface area contributed by atoms with Crippen LogP contribution in [-0.2, 0) is 10.0 Å². The van der Waals surface area contributed by atoms with Crippen molar-refractivity contribution in [1.82, 2.24) is 5.32 Å². The van der Waals surface area contributed by atoms with Crippen LogP contribution in [0.25, 0.3) is 0 Å². The Morgan fingerprint density at radius 2 is 1.88 bits per heavy atom. The molecule has 2 aromatic rings. The largest absolute Gasteiger partial charge is 0.372 e. The predicted octanol–water partition coefficient (Wildman–Crippen LogP) is 2.45. The van der Waals surface area contributed by atoms with E-state index >= 15 is 0 Å². The number of carbonyl (C=O) groups excluding carboxylic acids is 1. The first kappa shape index (κ1) is 19.7. The Bertz CT molecular complexity index is 871. The van der Waals surface area contributed by atoms with Gasteiger partial charge in [0, 0.05) is 31.4 Å². The maximum atomic E-state index is 13.7. The summed E-state index contributed by atoms with van der Waals surface area (Å²) in [5.41, 5.74) is 1.21. The topological polar surface area (TPSA) is 78.5 Å². The molecular formula is C18H22FN3O3S. The van der Waals surface area contributed by atoms with Crippen LogP contribution in [0.3, 0.4) is 0 Å². The predicted molar refractivity (Wildman–Crippen MR) is 102 cm³/mol. The zero-order valence-corrected chi connectivity index (χ0v) is 15.5. The molecule has 26 heavy (non-hydrogen) atoms. The number of nitrogens with one attached hydrogen (secondary N) is 2. The Hall–Kier alpha value is -2.61. The lowest BCUT2D eigenvalue weighted by Crippen LogP contribution is -2.28. The van der Waals surface area contributed by atoms with Gasteiger partial charge in [-0.3, -0.25) is 9.52 Å². The Morgan fingerprint density at radius 3 is 2.58 bits per heavy atom. The van der Waals surface area contributed by atoms with Gasteiger partial charge < -0.3 is 10.2 Å². The average molecular weight is 379 g/mol. The van der Waals surface area contributed by atoms with Crippen molar-refractivity contribution in [1.29, 1.82) is 0 Å². The number of amides is 1. The number of anilines is 2. The van der Waals surface area contributed by atoms with Crippen molar-refractivity contribution in [3.8, 4) is 0 Å². The molecule has 2 rings (SSSR count). The summed E-state index contributed by atoms with van der Waals surface area (Å²) in [4.78, 5) is 14.0. The first-order valence-corrected chi connectivity index (χ1v) is 9.97. The SMILES string of the molecule is CN(CCCNC(=O)c1cccc(NS(C)(=O)=O)c1)c1ccccc1F. The fourth-order valence-corrected chi connectivity index (χ4v) is 3.00. The van der Waals surface area contributed by atoms with E-state index in [4.69, 9.17) is 0 Å². The van der Waals surface area contributed by atoms with Gasteiger partial charge in [-0.05, 0) is 36.8 Å². The van der Waals surface area contributed by atoms with Crippen LogP contribution in [0.1, 0.15) is 16.8 Å². The molecule has 0 aromatic heterocycles. The standard InChI is InChI=1S/C18H22FN3O3S/c1-22(17-10-4-3-9-16(17)19)12-6-11-20-18(23)14-7-5-8-15(13-14)21-26(2,24)25/h3-5,7-10,13,21H,6,11-12H2,1-2H3,(H,20,23). The first-order valence-electron chi connectivity index (χ1n) is 8.08. The molecule has 0 bridgehead atoms. The normalized spacial score (nSPS) is 11.0. The third-order valence-corrected chi connectivity index (χ3v) is 4.25. The lowest BCUT2D eigenvalue weighted by molar-refractivity contribution is 0.0953. The molecule has 1 amide bonds. The molecule has 0 unspecified atom stereocenters. The van der Waals surface area contributed by atoms with E-state index in [0.717, 1.165) is 6.26 Å². The number of nitrogens with zero attached hydrogens (tertiary/aromatic N) is 1. The van der Waals surface area contributed by atoms with Crippen LogP contribution in [0.2, 0.25) is 0 Å². The van der Waals surface area contributed by atoms with E-state index in [-0.39, 0.29) is 11.7 Å². The van der Waals surface area contributed by atoms with Crippen LogP contribution in [-0.4, -0.2) is 40.7 Å². The highest BCUT2D eigenvalue weighted by atomic mass is 32.2. The second-order valence-corrected chi connectivity index (χ2v) is 7.69. The van der Waals surface area contributed by atoms with E-state index < -0.39 is 10.0 Å². The summed E-state index contributed by atoms with van der Waals surface area (Å²) in [6.07, 6.45) is 1.68. The van der Waals surface area contributed by atoms with E-state index in [1.54, 1.807) is 48.3 Å². The summed E-state index contributed by atoms with van der Waals surface area (Å²) in [5, 5.41) is 2.77. The summed E-state index contributed by atoms with van der Waals surface area (Å²) in [6, 6.07) is 12.8. The van der Waals surface area contributed by atoms with E-state index in [1.165, 1.54) is 12.1 Å². The molecule has 0 saturated carbocycles. The molecule has 140 valence electrons. The second kappa shape index (κ2) is 8.66. The van der Waals surface area contributed by atoms with Crippen molar-refractivity contribution >= 4 is 27.3 Å². The zero-order chi connectivity index (χ0) is 19.2. The van der Waals surface area contributed by atoms with Gasteiger partial charge in [-0.25, -0.2) is 12.8 Å². The number of carbonyl (C=O) groups is 1. The van der Waals surface area contributed by atoms with Gasteiger partial charge >= 0.3 is 0 Å². The number of rotatable bonds is 8. The lowest BCUT2D eigenvalue weighted by Gasteiger charge is -2.19. The molecule has 0 aliphatic carbocycles. The van der Waals surface area contributed by atoms with E-state index in [2.05, 4.69) is 10.0 Å². The summed E-state index contributed by atoms with van der Waals surface area (Å²) >= 11 is 0. The number of halogens is 1.